The van der Waals surface area contributed by atoms with Gasteiger partial charge in [-0.2, -0.15) is 4.98 Å². The topological polar surface area (TPSA) is 63.8 Å². The summed E-state index contributed by atoms with van der Waals surface area (Å²) in [6.45, 7) is 2.26. The SMILES string of the molecule is C[C@@H]1CCCC[C@@H]1Nc1nc(Cl)ncc1N. The summed E-state index contributed by atoms with van der Waals surface area (Å²) in [6.07, 6.45) is 6.56. The third-order valence-electron chi connectivity index (χ3n) is 3.22. The molecule has 1 fully saturated rings. The zero-order valence-electron chi connectivity index (χ0n) is 9.41. The van der Waals surface area contributed by atoms with Crippen molar-refractivity contribution < 1.29 is 0 Å². The Morgan fingerprint density at radius 1 is 1.44 bits per heavy atom. The lowest BCUT2D eigenvalue weighted by Gasteiger charge is -2.30. The van der Waals surface area contributed by atoms with E-state index in [-0.39, 0.29) is 5.28 Å². The summed E-state index contributed by atoms with van der Waals surface area (Å²) in [4.78, 5) is 7.96. The molecule has 0 unspecified atom stereocenters. The number of rotatable bonds is 2. The summed E-state index contributed by atoms with van der Waals surface area (Å²) in [5.74, 6) is 1.32. The van der Waals surface area contributed by atoms with Gasteiger partial charge in [-0.3, -0.25) is 0 Å². The molecule has 4 nitrogen and oxygen atoms in total. The lowest BCUT2D eigenvalue weighted by molar-refractivity contribution is 0.349. The Kier molecular flexibility index (Phi) is 3.49. The van der Waals surface area contributed by atoms with Gasteiger partial charge in [0, 0.05) is 6.04 Å². The van der Waals surface area contributed by atoms with Gasteiger partial charge in [-0.15, -0.1) is 0 Å². The third-order valence-corrected chi connectivity index (χ3v) is 3.40. The first-order valence-electron chi connectivity index (χ1n) is 5.71. The molecule has 0 bridgehead atoms. The van der Waals surface area contributed by atoms with E-state index in [2.05, 4.69) is 22.2 Å². The molecule has 16 heavy (non-hydrogen) atoms. The van der Waals surface area contributed by atoms with E-state index in [0.29, 0.717) is 23.5 Å². The number of nitrogen functional groups attached to an aromatic ring is 1. The molecule has 0 aliphatic heterocycles. The molecule has 5 heteroatoms. The van der Waals surface area contributed by atoms with E-state index in [9.17, 15) is 0 Å². The van der Waals surface area contributed by atoms with Crippen molar-refractivity contribution in [2.45, 2.75) is 38.6 Å². The van der Waals surface area contributed by atoms with E-state index in [1.807, 2.05) is 0 Å². The first-order chi connectivity index (χ1) is 7.66. The Bertz CT molecular complexity index is 369. The molecule has 88 valence electrons. The average Bonchev–Trinajstić information content (AvgIpc) is 2.27. The largest absolute Gasteiger partial charge is 0.394 e. The molecule has 1 heterocycles. The molecular weight excluding hydrogens is 224 g/mol. The molecule has 1 aromatic heterocycles. The standard InChI is InChI=1S/C11H17ClN4/c1-7-4-2-3-5-9(7)15-10-8(13)6-14-11(12)16-10/h6-7,9H,2-5,13H2,1H3,(H,14,15,16)/t7-,9+/m1/s1. The van der Waals surface area contributed by atoms with Crippen molar-refractivity contribution >= 4 is 23.1 Å². The van der Waals surface area contributed by atoms with Gasteiger partial charge in [-0.25, -0.2) is 4.98 Å². The van der Waals surface area contributed by atoms with Gasteiger partial charge in [-0.1, -0.05) is 19.8 Å². The van der Waals surface area contributed by atoms with Crippen LogP contribution in [0.15, 0.2) is 6.20 Å². The predicted molar refractivity (Wildman–Crippen MR) is 66.5 cm³/mol. The molecule has 3 N–H and O–H groups in total. The Balaban J connectivity index is 2.10. The molecule has 0 amide bonds. The number of anilines is 2. The third kappa shape index (κ3) is 2.55. The molecule has 1 aliphatic carbocycles. The lowest BCUT2D eigenvalue weighted by atomic mass is 9.86. The number of nitrogens with zero attached hydrogens (tertiary/aromatic N) is 2. The summed E-state index contributed by atoms with van der Waals surface area (Å²) in [6, 6.07) is 0.446. The highest BCUT2D eigenvalue weighted by Crippen LogP contribution is 2.28. The molecule has 0 saturated heterocycles. The van der Waals surface area contributed by atoms with Crippen LogP contribution in [0, 0.1) is 5.92 Å². The van der Waals surface area contributed by atoms with E-state index in [1.165, 1.54) is 25.7 Å². The van der Waals surface area contributed by atoms with Crippen LogP contribution in [0.4, 0.5) is 11.5 Å². The van der Waals surface area contributed by atoms with E-state index in [4.69, 9.17) is 17.3 Å². The maximum Gasteiger partial charge on any atom is 0.224 e. The quantitative estimate of drug-likeness (QED) is 0.781. The summed E-state index contributed by atoms with van der Waals surface area (Å²) < 4.78 is 0. The number of hydrogen-bond donors (Lipinski definition) is 2. The summed E-state index contributed by atoms with van der Waals surface area (Å²) >= 11 is 5.75. The highest BCUT2D eigenvalue weighted by molar-refractivity contribution is 6.28. The van der Waals surface area contributed by atoms with Gasteiger partial charge in [0.15, 0.2) is 5.82 Å². The van der Waals surface area contributed by atoms with Crippen LogP contribution in [0.25, 0.3) is 0 Å². The van der Waals surface area contributed by atoms with Gasteiger partial charge >= 0.3 is 0 Å². The van der Waals surface area contributed by atoms with Crippen LogP contribution >= 0.6 is 11.6 Å². The van der Waals surface area contributed by atoms with Crippen LogP contribution in [0.2, 0.25) is 5.28 Å². The molecule has 2 atom stereocenters. The Labute approximate surface area is 101 Å². The smallest absolute Gasteiger partial charge is 0.224 e. The minimum atomic E-state index is 0.236. The fraction of sp³-hybridized carbons (Fsp3) is 0.636. The van der Waals surface area contributed by atoms with Crippen LogP contribution in [0.3, 0.4) is 0 Å². The number of aromatic nitrogens is 2. The Morgan fingerprint density at radius 3 is 2.94 bits per heavy atom. The Morgan fingerprint density at radius 2 is 2.19 bits per heavy atom. The predicted octanol–water partition coefficient (Wildman–Crippen LogP) is 2.70. The molecule has 0 radical (unpaired) electrons. The zero-order chi connectivity index (χ0) is 11.5. The van der Waals surface area contributed by atoms with Crippen molar-refractivity contribution in [2.24, 2.45) is 5.92 Å². The lowest BCUT2D eigenvalue weighted by Crippen LogP contribution is -2.31. The number of nitrogens with two attached hydrogens (primary N) is 1. The molecular formula is C11H17ClN4. The molecule has 1 aliphatic rings. The molecule has 1 saturated carbocycles. The van der Waals surface area contributed by atoms with Crippen molar-refractivity contribution in [3.8, 4) is 0 Å². The monoisotopic (exact) mass is 240 g/mol. The van der Waals surface area contributed by atoms with Crippen LogP contribution in [0.1, 0.15) is 32.6 Å². The maximum absolute atomic E-state index is 5.81. The second kappa shape index (κ2) is 4.87. The summed E-state index contributed by atoms with van der Waals surface area (Å²) in [7, 11) is 0. The van der Waals surface area contributed by atoms with Crippen molar-refractivity contribution in [3.63, 3.8) is 0 Å². The maximum atomic E-state index is 5.81. The van der Waals surface area contributed by atoms with Crippen molar-refractivity contribution in [1.82, 2.24) is 9.97 Å². The van der Waals surface area contributed by atoms with Crippen LogP contribution < -0.4 is 11.1 Å². The highest BCUT2D eigenvalue weighted by Gasteiger charge is 2.22. The fourth-order valence-corrected chi connectivity index (χ4v) is 2.32. The minimum absolute atomic E-state index is 0.236. The number of halogens is 1. The molecule has 0 aromatic carbocycles. The van der Waals surface area contributed by atoms with Gasteiger partial charge in [0.25, 0.3) is 0 Å². The van der Waals surface area contributed by atoms with E-state index >= 15 is 0 Å². The van der Waals surface area contributed by atoms with E-state index < -0.39 is 0 Å². The average molecular weight is 241 g/mol. The van der Waals surface area contributed by atoms with E-state index in [0.717, 1.165) is 0 Å². The molecule has 0 spiro atoms. The fourth-order valence-electron chi connectivity index (χ4n) is 2.19. The summed E-state index contributed by atoms with van der Waals surface area (Å²) in [5.41, 5.74) is 6.36. The first-order valence-corrected chi connectivity index (χ1v) is 6.09. The molecule has 1 aromatic rings. The van der Waals surface area contributed by atoms with E-state index in [1.54, 1.807) is 6.20 Å². The second-order valence-electron chi connectivity index (χ2n) is 4.46. The minimum Gasteiger partial charge on any atom is -0.394 e. The van der Waals surface area contributed by atoms with Crippen LogP contribution in [-0.4, -0.2) is 16.0 Å². The van der Waals surface area contributed by atoms with Crippen molar-refractivity contribution in [3.05, 3.63) is 11.5 Å². The van der Waals surface area contributed by atoms with Crippen LogP contribution in [-0.2, 0) is 0 Å². The zero-order valence-corrected chi connectivity index (χ0v) is 10.2. The van der Waals surface area contributed by atoms with Gasteiger partial charge in [0.1, 0.15) is 0 Å². The second-order valence-corrected chi connectivity index (χ2v) is 4.79. The van der Waals surface area contributed by atoms with Gasteiger partial charge < -0.3 is 11.1 Å². The van der Waals surface area contributed by atoms with Crippen molar-refractivity contribution in [2.75, 3.05) is 11.1 Å². The Hall–Kier alpha value is -1.03. The summed E-state index contributed by atoms with van der Waals surface area (Å²) in [5, 5.41) is 3.62. The van der Waals surface area contributed by atoms with Crippen LogP contribution in [0.5, 0.6) is 0 Å². The van der Waals surface area contributed by atoms with Gasteiger partial charge in [-0.05, 0) is 30.4 Å². The first kappa shape index (κ1) is 11.5. The van der Waals surface area contributed by atoms with Gasteiger partial charge in [0.05, 0.1) is 11.9 Å². The number of nitrogens with one attached hydrogen (secondary N) is 1. The van der Waals surface area contributed by atoms with Crippen molar-refractivity contribution in [1.29, 1.82) is 0 Å². The highest BCUT2D eigenvalue weighted by atomic mass is 35.5. The normalized spacial score (nSPS) is 25.4. The number of hydrogen-bond acceptors (Lipinski definition) is 4. The van der Waals surface area contributed by atoms with Gasteiger partial charge in [0.2, 0.25) is 5.28 Å². The molecule has 2 rings (SSSR count).